The average Bonchev–Trinajstić information content (AvgIpc) is 3.51. The van der Waals surface area contributed by atoms with Crippen LogP contribution in [0.15, 0.2) is 143 Å². The largest absolute Gasteiger partial charge is 0.508 e. The maximum atomic E-state index is 13.6. The van der Waals surface area contributed by atoms with Gasteiger partial charge in [0.2, 0.25) is 0 Å². The summed E-state index contributed by atoms with van der Waals surface area (Å²) in [6, 6.07) is 34.0. The number of thioether (sulfide) groups is 1. The lowest BCUT2D eigenvalue weighted by Crippen LogP contribution is -2.45. The fraction of sp³-hybridized carbons (Fsp3) is 0.333. The molecule has 19 heteroatoms. The second kappa shape index (κ2) is 28.1. The standard InChI is InChI=1S/C22H26N2O4S.C18H23NO3.C17H18N2O6/c1-15(25)28-20-21(16-9-11-17(27-4)12-10-16)29-19-8-6-5-7-18(19)24(22(20)26)14-13-23(2)3;1-13(2-3-14-4-7-16(20)8-5-14)19-11-10-15-6-9-17(21)18(22)12-15;1-9-13(16(20)24-3)15(14(10(2)18-9)17(21)25-4)11-7-5-6-8-12(11)19(22)23/h5-12,20-21H,13-14H2,1-4H3;4-9,12-13,19-22H,2-3,10-11H2,1H3;5-8,15,18H,1-4H3/t20-,21+;;/m1../s1. The van der Waals surface area contributed by atoms with Gasteiger partial charge in [0.15, 0.2) is 17.6 Å². The molecular weight excluding hydrogens is 995 g/mol. The Labute approximate surface area is 447 Å². The van der Waals surface area contributed by atoms with Gasteiger partial charge in [0.25, 0.3) is 11.6 Å². The molecule has 0 aliphatic carbocycles. The number of hydrogen-bond donors (Lipinski definition) is 5. The van der Waals surface area contributed by atoms with E-state index >= 15 is 0 Å². The highest BCUT2D eigenvalue weighted by molar-refractivity contribution is 7.99. The summed E-state index contributed by atoms with van der Waals surface area (Å²) in [6.45, 7) is 8.80. The summed E-state index contributed by atoms with van der Waals surface area (Å²) in [6.07, 6.45) is 1.87. The molecule has 2 aliphatic heterocycles. The monoisotopic (exact) mass is 1060 g/mol. The number of ether oxygens (including phenoxy) is 4. The van der Waals surface area contributed by atoms with Crippen molar-refractivity contribution in [3.8, 4) is 23.0 Å². The smallest absolute Gasteiger partial charge is 0.336 e. The number of para-hydroxylation sites is 2. The number of benzene rings is 5. The van der Waals surface area contributed by atoms with Crippen molar-refractivity contribution in [1.82, 2.24) is 15.5 Å². The number of anilines is 1. The summed E-state index contributed by atoms with van der Waals surface area (Å²) in [7, 11) is 7.96. The first kappa shape index (κ1) is 59.0. The number of hydrogen-bond acceptors (Lipinski definition) is 17. The fourth-order valence-electron chi connectivity index (χ4n) is 8.54. The molecule has 5 aromatic rings. The number of nitrogens with one attached hydrogen (secondary N) is 2. The van der Waals surface area contributed by atoms with E-state index in [1.807, 2.05) is 85.7 Å². The highest BCUT2D eigenvalue weighted by Gasteiger charge is 2.42. The molecule has 7 rings (SSSR count). The third-order valence-electron chi connectivity index (χ3n) is 12.5. The maximum Gasteiger partial charge on any atom is 0.336 e. The van der Waals surface area contributed by atoms with Crippen molar-refractivity contribution >= 4 is 47.0 Å². The van der Waals surface area contributed by atoms with Crippen LogP contribution in [0.1, 0.15) is 67.5 Å². The number of nitrogens with zero attached hydrogens (tertiary/aromatic N) is 3. The molecule has 76 heavy (non-hydrogen) atoms. The minimum Gasteiger partial charge on any atom is -0.508 e. The van der Waals surface area contributed by atoms with Crippen molar-refractivity contribution in [3.63, 3.8) is 0 Å². The molecule has 1 amide bonds. The Bertz CT molecular complexity index is 2850. The number of carbonyl (C=O) groups is 4. The normalized spacial score (nSPS) is 15.7. The van der Waals surface area contributed by atoms with Crippen LogP contribution in [0.2, 0.25) is 0 Å². The van der Waals surface area contributed by atoms with Crippen LogP contribution in [0.4, 0.5) is 11.4 Å². The summed E-state index contributed by atoms with van der Waals surface area (Å²) in [5.74, 6) is -2.13. The quantitative estimate of drug-likeness (QED) is 0.0193. The van der Waals surface area contributed by atoms with Crippen molar-refractivity contribution in [1.29, 1.82) is 0 Å². The SMILES string of the molecule is CC(CCc1ccc(O)cc1)NCCc1ccc(O)c(O)c1.COC(=O)C1=C(C)NC(C)=C(C(=O)OC)C1c1ccccc1[N+](=O)[O-].COc1ccc([C@@H]2Sc3ccccc3N(CCN(C)C)C(=O)[C@@H]2OC(C)=O)cc1. The van der Waals surface area contributed by atoms with Gasteiger partial charge in [0, 0.05) is 54.0 Å². The predicted molar refractivity (Wildman–Crippen MR) is 290 cm³/mol. The van der Waals surface area contributed by atoms with E-state index in [0.29, 0.717) is 36.3 Å². The van der Waals surface area contributed by atoms with Gasteiger partial charge in [-0.15, -0.1) is 11.8 Å². The molecule has 0 radical (unpaired) electrons. The summed E-state index contributed by atoms with van der Waals surface area (Å²) < 4.78 is 20.5. The van der Waals surface area contributed by atoms with Crippen molar-refractivity contribution in [2.45, 2.75) is 75.2 Å². The van der Waals surface area contributed by atoms with E-state index in [9.17, 15) is 44.6 Å². The van der Waals surface area contributed by atoms with Gasteiger partial charge >= 0.3 is 17.9 Å². The zero-order valence-corrected chi connectivity index (χ0v) is 45.0. The molecule has 404 valence electrons. The number of likely N-dealkylation sites (N-methyl/N-ethyl adjacent to an activating group) is 1. The molecule has 2 heterocycles. The van der Waals surface area contributed by atoms with Gasteiger partial charge < -0.3 is 54.7 Å². The topological polar surface area (TPSA) is 240 Å². The maximum absolute atomic E-state index is 13.6. The van der Waals surface area contributed by atoms with E-state index < -0.39 is 34.9 Å². The molecule has 0 spiro atoms. The molecule has 0 saturated heterocycles. The lowest BCUT2D eigenvalue weighted by Gasteiger charge is -2.29. The van der Waals surface area contributed by atoms with Gasteiger partial charge in [-0.3, -0.25) is 19.7 Å². The summed E-state index contributed by atoms with van der Waals surface area (Å²) in [5, 5.41) is 45.5. The van der Waals surface area contributed by atoms with Crippen molar-refractivity contribution in [2.24, 2.45) is 0 Å². The Balaban J connectivity index is 0.000000213. The molecule has 18 nitrogen and oxygen atoms in total. The van der Waals surface area contributed by atoms with Crippen LogP contribution in [0.25, 0.3) is 0 Å². The van der Waals surface area contributed by atoms with Gasteiger partial charge in [0.05, 0.1) is 54.3 Å². The number of amides is 1. The van der Waals surface area contributed by atoms with Crippen LogP contribution in [0, 0.1) is 10.1 Å². The molecule has 3 atom stereocenters. The third kappa shape index (κ3) is 15.8. The number of dihydropyridines is 1. The first-order chi connectivity index (χ1) is 36.3. The number of nitro groups is 1. The molecule has 5 N–H and O–H groups in total. The van der Waals surface area contributed by atoms with E-state index in [2.05, 4.69) is 17.6 Å². The number of aryl methyl sites for hydroxylation is 1. The zero-order chi connectivity index (χ0) is 55.6. The molecule has 1 unspecified atom stereocenters. The second-order valence-electron chi connectivity index (χ2n) is 18.2. The minimum absolute atomic E-state index is 0.0714. The van der Waals surface area contributed by atoms with E-state index in [1.165, 1.54) is 51.0 Å². The third-order valence-corrected chi connectivity index (χ3v) is 13.8. The first-order valence-electron chi connectivity index (χ1n) is 24.4. The van der Waals surface area contributed by atoms with Gasteiger partial charge in [-0.1, -0.05) is 60.7 Å². The Morgan fingerprint density at radius 2 is 1.42 bits per heavy atom. The van der Waals surface area contributed by atoms with E-state index in [0.717, 1.165) is 53.3 Å². The molecule has 2 aliphatic rings. The van der Waals surface area contributed by atoms with Gasteiger partial charge in [-0.05, 0) is 126 Å². The van der Waals surface area contributed by atoms with Gasteiger partial charge in [-0.2, -0.15) is 0 Å². The van der Waals surface area contributed by atoms with E-state index in [1.54, 1.807) is 61.9 Å². The summed E-state index contributed by atoms with van der Waals surface area (Å²) in [4.78, 5) is 65.7. The molecule has 0 saturated carbocycles. The highest BCUT2D eigenvalue weighted by Crippen LogP contribution is 2.47. The Kier molecular flexibility index (Phi) is 21.9. The molecular formula is C57H67N5O13S. The lowest BCUT2D eigenvalue weighted by atomic mass is 9.79. The Morgan fingerprint density at radius 1 is 0.816 bits per heavy atom. The fourth-order valence-corrected chi connectivity index (χ4v) is 9.86. The number of allylic oxidation sites excluding steroid dienone is 2. The molecule has 0 fully saturated rings. The van der Waals surface area contributed by atoms with Crippen LogP contribution in [-0.2, 0) is 46.2 Å². The van der Waals surface area contributed by atoms with E-state index in [-0.39, 0.29) is 45.1 Å². The van der Waals surface area contributed by atoms with Crippen molar-refractivity contribution < 1.29 is 58.4 Å². The zero-order valence-electron chi connectivity index (χ0n) is 44.2. The van der Waals surface area contributed by atoms with Crippen LogP contribution in [0.3, 0.4) is 0 Å². The minimum atomic E-state index is -0.970. The number of phenols is 3. The Hall–Kier alpha value is -7.87. The number of carbonyl (C=O) groups excluding carboxylic acids is 4. The van der Waals surface area contributed by atoms with Gasteiger partial charge in [-0.25, -0.2) is 9.59 Å². The molecule has 5 aromatic carbocycles. The summed E-state index contributed by atoms with van der Waals surface area (Å²) in [5.41, 5.74) is 5.15. The van der Waals surface area contributed by atoms with Crippen molar-refractivity contribution in [3.05, 3.63) is 170 Å². The number of phenolic OH excluding ortho intramolecular Hbond substituents is 3. The number of nitro benzene ring substituents is 1. The number of methoxy groups -OCH3 is 3. The molecule has 0 aromatic heterocycles. The highest BCUT2D eigenvalue weighted by atomic mass is 32.2. The Morgan fingerprint density at radius 3 is 2.00 bits per heavy atom. The number of esters is 3. The number of fused-ring (bicyclic) bond motifs is 1. The van der Waals surface area contributed by atoms with Crippen LogP contribution >= 0.6 is 11.8 Å². The first-order valence-corrected chi connectivity index (χ1v) is 25.3. The number of rotatable bonds is 17. The van der Waals surface area contributed by atoms with Gasteiger partial charge in [0.1, 0.15) is 11.5 Å². The van der Waals surface area contributed by atoms with Crippen molar-refractivity contribution in [2.75, 3.05) is 60.0 Å². The van der Waals surface area contributed by atoms with Crippen LogP contribution in [-0.4, -0.2) is 116 Å². The summed E-state index contributed by atoms with van der Waals surface area (Å²) >= 11 is 1.54. The number of aromatic hydroxyl groups is 3. The molecule has 0 bridgehead atoms. The average molecular weight is 1060 g/mol. The van der Waals surface area contributed by atoms with Crippen LogP contribution < -0.4 is 20.3 Å². The van der Waals surface area contributed by atoms with E-state index in [4.69, 9.17) is 18.9 Å². The lowest BCUT2D eigenvalue weighted by molar-refractivity contribution is -0.385. The second-order valence-corrected chi connectivity index (χ2v) is 19.4. The van der Waals surface area contributed by atoms with Crippen LogP contribution in [0.5, 0.6) is 23.0 Å². The predicted octanol–water partition coefficient (Wildman–Crippen LogP) is 8.50.